The quantitative estimate of drug-likeness (QED) is 0.765. The Kier molecular flexibility index (Phi) is 6.64. The summed E-state index contributed by atoms with van der Waals surface area (Å²) in [6.45, 7) is 4.70. The lowest BCUT2D eigenvalue weighted by Gasteiger charge is -2.06. The van der Waals surface area contributed by atoms with Crippen molar-refractivity contribution in [2.24, 2.45) is 0 Å². The smallest absolute Gasteiger partial charge is 0.307 e. The molecule has 1 amide bonds. The molecule has 0 spiro atoms. The van der Waals surface area contributed by atoms with Crippen molar-refractivity contribution in [3.05, 3.63) is 35.4 Å². The molecule has 0 aliphatic carbocycles. The topological polar surface area (TPSA) is 55.4 Å². The fraction of sp³-hybridized carbons (Fsp3) is 0.467. The molecule has 0 atom stereocenters. The minimum Gasteiger partial charge on any atom is -0.466 e. The number of carbonyl (C=O) groups is 2. The van der Waals surface area contributed by atoms with Crippen molar-refractivity contribution < 1.29 is 14.3 Å². The number of esters is 1. The van der Waals surface area contributed by atoms with Crippen molar-refractivity contribution in [2.45, 2.75) is 33.1 Å². The second-order valence-corrected chi connectivity index (χ2v) is 4.49. The SMILES string of the molecule is CCCOC(=O)CCNC(=O)Cc1cccc(C)c1. The fourth-order valence-electron chi connectivity index (χ4n) is 1.66. The zero-order valence-corrected chi connectivity index (χ0v) is 11.6. The van der Waals surface area contributed by atoms with Crippen molar-refractivity contribution in [3.63, 3.8) is 0 Å². The molecule has 104 valence electrons. The summed E-state index contributed by atoms with van der Waals surface area (Å²) in [5.41, 5.74) is 2.11. The summed E-state index contributed by atoms with van der Waals surface area (Å²) in [5, 5.41) is 2.72. The minimum absolute atomic E-state index is 0.0751. The summed E-state index contributed by atoms with van der Waals surface area (Å²) in [6, 6.07) is 7.82. The van der Waals surface area contributed by atoms with Crippen LogP contribution in [0.4, 0.5) is 0 Å². The number of benzene rings is 1. The third-order valence-electron chi connectivity index (χ3n) is 2.57. The molecule has 0 aliphatic rings. The molecule has 4 nitrogen and oxygen atoms in total. The lowest BCUT2D eigenvalue weighted by molar-refractivity contribution is -0.143. The second-order valence-electron chi connectivity index (χ2n) is 4.49. The van der Waals surface area contributed by atoms with Gasteiger partial charge in [0, 0.05) is 6.54 Å². The Balaban J connectivity index is 2.23. The first kappa shape index (κ1) is 15.2. The summed E-state index contributed by atoms with van der Waals surface area (Å²) >= 11 is 0. The second kappa shape index (κ2) is 8.29. The van der Waals surface area contributed by atoms with Gasteiger partial charge in [0.1, 0.15) is 0 Å². The highest BCUT2D eigenvalue weighted by atomic mass is 16.5. The van der Waals surface area contributed by atoms with Gasteiger partial charge < -0.3 is 10.1 Å². The van der Waals surface area contributed by atoms with Crippen LogP contribution in [0.3, 0.4) is 0 Å². The summed E-state index contributed by atoms with van der Waals surface area (Å²) in [4.78, 5) is 22.9. The van der Waals surface area contributed by atoms with E-state index < -0.39 is 0 Å². The maximum atomic E-state index is 11.7. The molecule has 0 bridgehead atoms. The lowest BCUT2D eigenvalue weighted by Crippen LogP contribution is -2.28. The number of hydrogen-bond donors (Lipinski definition) is 1. The molecule has 1 rings (SSSR count). The van der Waals surface area contributed by atoms with E-state index in [-0.39, 0.29) is 18.3 Å². The molecule has 0 unspecified atom stereocenters. The summed E-state index contributed by atoms with van der Waals surface area (Å²) in [5.74, 6) is -0.341. The fourth-order valence-corrected chi connectivity index (χ4v) is 1.66. The Morgan fingerprint density at radius 2 is 2.11 bits per heavy atom. The molecule has 1 aromatic rings. The van der Waals surface area contributed by atoms with Crippen LogP contribution in [-0.4, -0.2) is 25.0 Å². The first-order valence-corrected chi connectivity index (χ1v) is 6.59. The zero-order valence-electron chi connectivity index (χ0n) is 11.6. The highest BCUT2D eigenvalue weighted by Crippen LogP contribution is 2.04. The minimum atomic E-state index is -0.266. The summed E-state index contributed by atoms with van der Waals surface area (Å²) in [7, 11) is 0. The van der Waals surface area contributed by atoms with E-state index >= 15 is 0 Å². The first-order chi connectivity index (χ1) is 9.11. The maximum Gasteiger partial charge on any atom is 0.307 e. The van der Waals surface area contributed by atoms with Crippen molar-refractivity contribution >= 4 is 11.9 Å². The Morgan fingerprint density at radius 3 is 2.79 bits per heavy atom. The molecule has 1 aromatic carbocycles. The monoisotopic (exact) mass is 263 g/mol. The van der Waals surface area contributed by atoms with Crippen LogP contribution in [0.25, 0.3) is 0 Å². The third kappa shape index (κ3) is 6.60. The van der Waals surface area contributed by atoms with E-state index in [9.17, 15) is 9.59 Å². The van der Waals surface area contributed by atoms with Gasteiger partial charge in [-0.2, -0.15) is 0 Å². The van der Waals surface area contributed by atoms with Gasteiger partial charge >= 0.3 is 5.97 Å². The van der Waals surface area contributed by atoms with Gasteiger partial charge in [-0.05, 0) is 18.9 Å². The molecule has 0 saturated heterocycles. The normalized spacial score (nSPS) is 10.0. The van der Waals surface area contributed by atoms with E-state index in [4.69, 9.17) is 4.74 Å². The molecule has 0 saturated carbocycles. The van der Waals surface area contributed by atoms with Gasteiger partial charge in [0.25, 0.3) is 0 Å². The highest BCUT2D eigenvalue weighted by Gasteiger charge is 2.06. The standard InChI is InChI=1S/C15H21NO3/c1-3-9-19-15(18)7-8-16-14(17)11-13-6-4-5-12(2)10-13/h4-6,10H,3,7-9,11H2,1-2H3,(H,16,17). The van der Waals surface area contributed by atoms with Crippen LogP contribution in [0.2, 0.25) is 0 Å². The number of rotatable bonds is 7. The third-order valence-corrected chi connectivity index (χ3v) is 2.57. The maximum absolute atomic E-state index is 11.7. The number of ether oxygens (including phenoxy) is 1. The number of nitrogens with one attached hydrogen (secondary N) is 1. The summed E-state index contributed by atoms with van der Waals surface area (Å²) in [6.07, 6.45) is 1.37. The molecule has 19 heavy (non-hydrogen) atoms. The van der Waals surface area contributed by atoms with E-state index in [0.717, 1.165) is 17.5 Å². The average Bonchev–Trinajstić information content (AvgIpc) is 2.36. The van der Waals surface area contributed by atoms with Crippen molar-refractivity contribution in [1.29, 1.82) is 0 Å². The van der Waals surface area contributed by atoms with Crippen LogP contribution >= 0.6 is 0 Å². The van der Waals surface area contributed by atoms with Gasteiger partial charge in [0.2, 0.25) is 5.91 Å². The predicted octanol–water partition coefficient (Wildman–Crippen LogP) is 2.00. The van der Waals surface area contributed by atoms with Crippen molar-refractivity contribution in [3.8, 4) is 0 Å². The van der Waals surface area contributed by atoms with E-state index in [1.54, 1.807) is 0 Å². The van der Waals surface area contributed by atoms with Crippen molar-refractivity contribution in [2.75, 3.05) is 13.2 Å². The molecular weight excluding hydrogens is 242 g/mol. The van der Waals surface area contributed by atoms with E-state index in [1.165, 1.54) is 0 Å². The van der Waals surface area contributed by atoms with Gasteiger partial charge in [-0.1, -0.05) is 36.8 Å². The van der Waals surface area contributed by atoms with E-state index in [1.807, 2.05) is 38.1 Å². The van der Waals surface area contributed by atoms with Crippen LogP contribution in [0.1, 0.15) is 30.9 Å². The van der Waals surface area contributed by atoms with Crippen LogP contribution in [0.5, 0.6) is 0 Å². The number of hydrogen-bond acceptors (Lipinski definition) is 3. The summed E-state index contributed by atoms with van der Waals surface area (Å²) < 4.78 is 4.92. The Morgan fingerprint density at radius 1 is 1.32 bits per heavy atom. The highest BCUT2D eigenvalue weighted by molar-refractivity contribution is 5.79. The van der Waals surface area contributed by atoms with Crippen LogP contribution in [0.15, 0.2) is 24.3 Å². The van der Waals surface area contributed by atoms with Gasteiger partial charge in [-0.25, -0.2) is 0 Å². The molecule has 0 fully saturated rings. The largest absolute Gasteiger partial charge is 0.466 e. The van der Waals surface area contributed by atoms with Crippen LogP contribution in [-0.2, 0) is 20.7 Å². The van der Waals surface area contributed by atoms with E-state index in [2.05, 4.69) is 5.32 Å². The predicted molar refractivity (Wildman–Crippen MR) is 73.8 cm³/mol. The molecular formula is C15H21NO3. The Labute approximate surface area is 114 Å². The molecule has 0 aliphatic heterocycles. The van der Waals surface area contributed by atoms with E-state index in [0.29, 0.717) is 19.6 Å². The van der Waals surface area contributed by atoms with Gasteiger partial charge in [-0.3, -0.25) is 9.59 Å². The molecule has 0 radical (unpaired) electrons. The van der Waals surface area contributed by atoms with Gasteiger partial charge in [0.05, 0.1) is 19.4 Å². The molecule has 1 N–H and O–H groups in total. The Bertz CT molecular complexity index is 429. The van der Waals surface area contributed by atoms with Gasteiger partial charge in [0.15, 0.2) is 0 Å². The Hall–Kier alpha value is -1.84. The number of aryl methyl sites for hydroxylation is 1. The molecule has 4 heteroatoms. The van der Waals surface area contributed by atoms with Crippen molar-refractivity contribution in [1.82, 2.24) is 5.32 Å². The lowest BCUT2D eigenvalue weighted by atomic mass is 10.1. The molecule has 0 heterocycles. The first-order valence-electron chi connectivity index (χ1n) is 6.59. The number of carbonyl (C=O) groups excluding carboxylic acids is 2. The van der Waals surface area contributed by atoms with Gasteiger partial charge in [-0.15, -0.1) is 0 Å². The van der Waals surface area contributed by atoms with Crippen LogP contribution in [0, 0.1) is 6.92 Å². The number of amides is 1. The zero-order chi connectivity index (χ0) is 14.1. The average molecular weight is 263 g/mol. The van der Waals surface area contributed by atoms with Crippen LogP contribution < -0.4 is 5.32 Å². The molecule has 0 aromatic heterocycles.